The van der Waals surface area contributed by atoms with Gasteiger partial charge < -0.3 is 9.84 Å². The minimum absolute atomic E-state index is 0.0553. The summed E-state index contributed by atoms with van der Waals surface area (Å²) in [5, 5.41) is 9.95. The Morgan fingerprint density at radius 3 is 2.04 bits per heavy atom. The van der Waals surface area contributed by atoms with E-state index in [4.69, 9.17) is 27.9 Å². The van der Waals surface area contributed by atoms with Crippen molar-refractivity contribution in [2.45, 2.75) is 38.0 Å². The Morgan fingerprint density at radius 2 is 1.45 bits per heavy atom. The standard InChI is InChI=1S/C36H25Cl2F7N2O6/c1-34-22(31(50)47(33(34)52)17-3-6-25(39)23(37)12-17)13-21-19(28(34)14-7-24(38)29(48)26(8-14)53-2)4-5-20-27(21)32(51)46(30(20)49)18-10-15(35(40,41)42)9-16(11-18)36(43,44)45/h3-4,6-12,20-22,27-28,48H,5,13H2,1-2H3/t20-,21+,22-,27-,28-,34+/m0/s1. The molecule has 0 bridgehead atoms. The fourth-order valence-electron chi connectivity index (χ4n) is 8.50. The van der Waals surface area contributed by atoms with Gasteiger partial charge in [0.1, 0.15) is 5.82 Å². The van der Waals surface area contributed by atoms with Crippen LogP contribution in [0.5, 0.6) is 11.5 Å². The highest BCUT2D eigenvalue weighted by molar-refractivity contribution is 6.32. The molecular formula is C36H25Cl2F7N2O6. The van der Waals surface area contributed by atoms with E-state index in [-0.39, 0.29) is 46.0 Å². The van der Waals surface area contributed by atoms with Gasteiger partial charge in [0.2, 0.25) is 23.6 Å². The van der Waals surface area contributed by atoms with Gasteiger partial charge in [-0.1, -0.05) is 34.9 Å². The number of halogens is 9. The van der Waals surface area contributed by atoms with Crippen LogP contribution in [0.15, 0.2) is 60.2 Å². The number of carbonyl (C=O) groups is 4. The van der Waals surface area contributed by atoms with Crippen molar-refractivity contribution in [3.63, 3.8) is 0 Å². The summed E-state index contributed by atoms with van der Waals surface area (Å²) in [6.45, 7) is 1.51. The van der Waals surface area contributed by atoms with Gasteiger partial charge in [-0.3, -0.25) is 19.2 Å². The van der Waals surface area contributed by atoms with Gasteiger partial charge in [0.05, 0.1) is 62.8 Å². The third kappa shape index (κ3) is 5.48. The molecule has 2 aliphatic heterocycles. The molecule has 0 aromatic heterocycles. The lowest BCUT2D eigenvalue weighted by Crippen LogP contribution is -2.48. The monoisotopic (exact) mass is 784 g/mol. The number of hydrogen-bond donors (Lipinski definition) is 1. The molecule has 3 aromatic rings. The number of hydrogen-bond acceptors (Lipinski definition) is 6. The molecule has 278 valence electrons. The van der Waals surface area contributed by atoms with E-state index >= 15 is 0 Å². The molecule has 8 nitrogen and oxygen atoms in total. The van der Waals surface area contributed by atoms with Gasteiger partial charge in [-0.05, 0) is 79.8 Å². The molecule has 1 N–H and O–H groups in total. The van der Waals surface area contributed by atoms with Crippen molar-refractivity contribution in [2.24, 2.45) is 29.1 Å². The summed E-state index contributed by atoms with van der Waals surface area (Å²) in [5.74, 6) is -10.9. The topological polar surface area (TPSA) is 104 Å². The quantitative estimate of drug-likeness (QED) is 0.162. The second kappa shape index (κ2) is 12.2. The minimum Gasteiger partial charge on any atom is -0.503 e. The number of carbonyl (C=O) groups excluding carboxylic acids is 4. The number of phenolic OH excluding ortho intramolecular Hbond substituents is 1. The number of nitrogens with zero attached hydrogens (tertiary/aromatic N) is 2. The Balaban J connectivity index is 1.38. The Morgan fingerprint density at radius 1 is 0.811 bits per heavy atom. The largest absolute Gasteiger partial charge is 0.503 e. The zero-order chi connectivity index (χ0) is 38.7. The van der Waals surface area contributed by atoms with Crippen LogP contribution in [0.1, 0.15) is 42.4 Å². The molecule has 3 fully saturated rings. The van der Waals surface area contributed by atoms with Crippen LogP contribution in [0.3, 0.4) is 0 Å². The number of fused-ring (bicyclic) bond motifs is 4. The third-order valence-electron chi connectivity index (χ3n) is 10.9. The first kappa shape index (κ1) is 36.7. The zero-order valence-corrected chi connectivity index (χ0v) is 28.8. The fourth-order valence-corrected chi connectivity index (χ4v) is 8.90. The van der Waals surface area contributed by atoms with E-state index < -0.39 is 99.4 Å². The van der Waals surface area contributed by atoms with E-state index in [0.717, 1.165) is 17.0 Å². The summed E-state index contributed by atoms with van der Waals surface area (Å²) >= 11 is 12.4. The third-order valence-corrected chi connectivity index (χ3v) is 11.4. The van der Waals surface area contributed by atoms with Crippen molar-refractivity contribution in [3.8, 4) is 11.5 Å². The van der Waals surface area contributed by atoms with Crippen LogP contribution in [-0.2, 0) is 31.5 Å². The summed E-state index contributed by atoms with van der Waals surface area (Å²) in [4.78, 5) is 58.2. The average Bonchev–Trinajstić information content (AvgIpc) is 3.45. The van der Waals surface area contributed by atoms with E-state index in [1.165, 1.54) is 32.2 Å². The van der Waals surface area contributed by atoms with Crippen molar-refractivity contribution in [1.29, 1.82) is 0 Å². The predicted octanol–water partition coefficient (Wildman–Crippen LogP) is 8.32. The molecule has 17 heteroatoms. The van der Waals surface area contributed by atoms with Gasteiger partial charge in [0.25, 0.3) is 0 Å². The lowest BCUT2D eigenvalue weighted by Gasteiger charge is -2.49. The molecule has 4 aliphatic rings. The Labute approximate surface area is 305 Å². The number of alkyl halides is 6. The van der Waals surface area contributed by atoms with Gasteiger partial charge in [-0.15, -0.1) is 0 Å². The summed E-state index contributed by atoms with van der Waals surface area (Å²) < 4.78 is 102. The number of aromatic hydroxyl groups is 1. The van der Waals surface area contributed by atoms with Crippen LogP contribution in [0.25, 0.3) is 0 Å². The molecule has 2 heterocycles. The SMILES string of the molecule is COc1cc([C@H]2C3=CC[C@@H]4C(=O)N(c5cc(C(F)(F)F)cc(C(F)(F)F)c5)C(=O)[C@@H]4[C@@H]3C[C@H]3C(=O)N(c4ccc(F)c(Cl)c4)C(=O)[C@@]23C)cc(Cl)c1O. The molecule has 4 amide bonds. The van der Waals surface area contributed by atoms with Gasteiger partial charge in [0.15, 0.2) is 11.5 Å². The summed E-state index contributed by atoms with van der Waals surface area (Å²) in [5.41, 5.74) is -5.42. The number of benzene rings is 3. The molecular weight excluding hydrogens is 760 g/mol. The predicted molar refractivity (Wildman–Crippen MR) is 175 cm³/mol. The molecule has 0 radical (unpaired) electrons. The molecule has 53 heavy (non-hydrogen) atoms. The summed E-state index contributed by atoms with van der Waals surface area (Å²) in [6.07, 6.45) is -9.35. The highest BCUT2D eigenvalue weighted by Crippen LogP contribution is 2.64. The van der Waals surface area contributed by atoms with Crippen molar-refractivity contribution in [3.05, 3.63) is 92.7 Å². The first-order chi connectivity index (χ1) is 24.7. The molecule has 0 unspecified atom stereocenters. The van der Waals surface area contributed by atoms with Crippen LogP contribution < -0.4 is 14.5 Å². The summed E-state index contributed by atoms with van der Waals surface area (Å²) in [7, 11) is 1.24. The lowest BCUT2D eigenvalue weighted by molar-refractivity contribution is -0.143. The Bertz CT molecular complexity index is 2140. The van der Waals surface area contributed by atoms with Gasteiger partial charge >= 0.3 is 12.4 Å². The molecule has 2 aliphatic carbocycles. The highest BCUT2D eigenvalue weighted by Gasteiger charge is 2.68. The second-order valence-corrected chi connectivity index (χ2v) is 14.4. The first-order valence-electron chi connectivity index (χ1n) is 16.0. The maximum Gasteiger partial charge on any atom is 0.416 e. The summed E-state index contributed by atoms with van der Waals surface area (Å²) in [6, 6.07) is 6.43. The van der Waals surface area contributed by atoms with Crippen molar-refractivity contribution in [1.82, 2.24) is 0 Å². The van der Waals surface area contributed by atoms with E-state index in [0.29, 0.717) is 22.6 Å². The number of anilines is 2. The van der Waals surface area contributed by atoms with Crippen LogP contribution in [0.2, 0.25) is 10.0 Å². The number of amides is 4. The Hall–Kier alpha value is -4.63. The van der Waals surface area contributed by atoms with Gasteiger partial charge in [-0.25, -0.2) is 14.2 Å². The minimum atomic E-state index is -5.26. The number of methoxy groups -OCH3 is 1. The van der Waals surface area contributed by atoms with E-state index in [1.54, 1.807) is 6.08 Å². The second-order valence-electron chi connectivity index (χ2n) is 13.6. The fraction of sp³-hybridized carbons (Fsp3) is 0.333. The maximum atomic E-state index is 14.6. The zero-order valence-electron chi connectivity index (χ0n) is 27.3. The maximum absolute atomic E-state index is 14.6. The number of rotatable bonds is 4. The smallest absolute Gasteiger partial charge is 0.416 e. The van der Waals surface area contributed by atoms with Crippen molar-refractivity contribution in [2.75, 3.05) is 16.9 Å². The van der Waals surface area contributed by atoms with Gasteiger partial charge in [-0.2, -0.15) is 26.3 Å². The van der Waals surface area contributed by atoms with Crippen LogP contribution in [-0.4, -0.2) is 35.8 Å². The van der Waals surface area contributed by atoms with Gasteiger partial charge in [0, 0.05) is 5.92 Å². The van der Waals surface area contributed by atoms with Crippen molar-refractivity contribution >= 4 is 58.2 Å². The average molecular weight is 785 g/mol. The van der Waals surface area contributed by atoms with Crippen LogP contribution in [0.4, 0.5) is 42.1 Å². The molecule has 6 atom stereocenters. The highest BCUT2D eigenvalue weighted by atomic mass is 35.5. The molecule has 7 rings (SSSR count). The first-order valence-corrected chi connectivity index (χ1v) is 16.7. The number of phenols is 1. The van der Waals surface area contributed by atoms with Crippen LogP contribution in [0, 0.1) is 34.9 Å². The van der Waals surface area contributed by atoms with Crippen LogP contribution >= 0.6 is 23.2 Å². The van der Waals surface area contributed by atoms with E-state index in [2.05, 4.69) is 0 Å². The number of imide groups is 2. The number of ether oxygens (including phenoxy) is 1. The molecule has 2 saturated heterocycles. The van der Waals surface area contributed by atoms with E-state index in [9.17, 15) is 55.0 Å². The Kier molecular flexibility index (Phi) is 8.45. The lowest BCUT2D eigenvalue weighted by atomic mass is 9.51. The number of allylic oxidation sites excluding steroid dienone is 2. The van der Waals surface area contributed by atoms with E-state index in [1.807, 2.05) is 0 Å². The molecule has 3 aromatic carbocycles. The molecule has 1 saturated carbocycles. The molecule has 0 spiro atoms. The normalized spacial score (nSPS) is 27.2. The van der Waals surface area contributed by atoms with Crippen molar-refractivity contribution < 1.29 is 59.8 Å².